The van der Waals surface area contributed by atoms with Crippen LogP contribution >= 0.6 is 0 Å². The lowest BCUT2D eigenvalue weighted by molar-refractivity contribution is -0.148. The first-order valence-electron chi connectivity index (χ1n) is 12.1. The zero-order chi connectivity index (χ0) is 23.8. The molecule has 2 aromatic rings. The van der Waals surface area contributed by atoms with Crippen LogP contribution in [0.2, 0.25) is 0 Å². The van der Waals surface area contributed by atoms with E-state index in [4.69, 9.17) is 9.47 Å². The minimum atomic E-state index is -0.553. The normalized spacial score (nSPS) is 26.0. The van der Waals surface area contributed by atoms with Crippen LogP contribution in [0.1, 0.15) is 48.5 Å². The summed E-state index contributed by atoms with van der Waals surface area (Å²) in [4.78, 5) is 28.9. The summed E-state index contributed by atoms with van der Waals surface area (Å²) in [5, 5.41) is 10.4. The number of benzene rings is 1. The van der Waals surface area contributed by atoms with Crippen LogP contribution in [0.3, 0.4) is 0 Å². The minimum absolute atomic E-state index is 0.000188. The molecule has 1 aromatic heterocycles. The lowest BCUT2D eigenvalue weighted by Crippen LogP contribution is -2.46. The van der Waals surface area contributed by atoms with Crippen LogP contribution in [0.15, 0.2) is 47.3 Å². The van der Waals surface area contributed by atoms with Crippen LogP contribution in [-0.2, 0) is 22.6 Å². The highest BCUT2D eigenvalue weighted by Gasteiger charge is 2.56. The fourth-order valence-corrected chi connectivity index (χ4v) is 6.20. The first-order valence-corrected chi connectivity index (χ1v) is 12.1. The molecule has 1 saturated heterocycles. The van der Waals surface area contributed by atoms with Gasteiger partial charge in [-0.15, -0.1) is 0 Å². The van der Waals surface area contributed by atoms with Crippen molar-refractivity contribution in [2.24, 2.45) is 11.8 Å². The first-order chi connectivity index (χ1) is 16.6. The highest BCUT2D eigenvalue weighted by Crippen LogP contribution is 2.49. The molecule has 7 heteroatoms. The van der Waals surface area contributed by atoms with E-state index in [1.54, 1.807) is 7.11 Å². The van der Waals surface area contributed by atoms with Crippen molar-refractivity contribution in [2.75, 3.05) is 20.8 Å². The largest absolute Gasteiger partial charge is 0.496 e. The Hall–Kier alpha value is -2.90. The number of aromatic nitrogens is 1. The maximum Gasteiger partial charge on any atom is 0.311 e. The van der Waals surface area contributed by atoms with Crippen molar-refractivity contribution in [2.45, 2.75) is 50.9 Å². The van der Waals surface area contributed by atoms with Gasteiger partial charge in [0, 0.05) is 48.5 Å². The number of para-hydroxylation sites is 1. The Morgan fingerprint density at radius 3 is 2.68 bits per heavy atom. The standard InChI is InChI=1S/C27H32N2O5/c1-33-23-11-7-6-10-18(23)14-28-22-15-29-21(25(28)24(20(22)16-30)27(32)34-2)13-12-19(26(29)31)17-8-4-3-5-9-17/h6-8,10-13,20,22,24-25,30H,3-5,9,14-16H2,1-2H3/t20-,22-,24+,25+/m0/s1. The number of carbonyl (C=O) groups is 1. The van der Waals surface area contributed by atoms with Gasteiger partial charge in [-0.3, -0.25) is 14.5 Å². The van der Waals surface area contributed by atoms with E-state index in [9.17, 15) is 14.7 Å². The van der Waals surface area contributed by atoms with Crippen molar-refractivity contribution < 1.29 is 19.4 Å². The molecule has 1 aliphatic carbocycles. The third kappa shape index (κ3) is 3.67. The van der Waals surface area contributed by atoms with Gasteiger partial charge < -0.3 is 19.1 Å². The summed E-state index contributed by atoms with van der Waals surface area (Å²) < 4.78 is 12.6. The van der Waals surface area contributed by atoms with E-state index in [0.717, 1.165) is 53.8 Å². The molecule has 0 spiro atoms. The van der Waals surface area contributed by atoms with E-state index < -0.39 is 5.92 Å². The van der Waals surface area contributed by atoms with Gasteiger partial charge in [0.2, 0.25) is 0 Å². The molecule has 2 aliphatic heterocycles. The van der Waals surface area contributed by atoms with Gasteiger partial charge in [-0.05, 0) is 49.5 Å². The monoisotopic (exact) mass is 464 g/mol. The second-order valence-electron chi connectivity index (χ2n) is 9.45. The quantitative estimate of drug-likeness (QED) is 0.662. The first kappa shape index (κ1) is 22.9. The number of hydrogen-bond acceptors (Lipinski definition) is 6. The molecular weight excluding hydrogens is 432 g/mol. The topological polar surface area (TPSA) is 81.0 Å². The van der Waals surface area contributed by atoms with Gasteiger partial charge in [-0.25, -0.2) is 0 Å². The minimum Gasteiger partial charge on any atom is -0.496 e. The number of methoxy groups -OCH3 is 2. The summed E-state index contributed by atoms with van der Waals surface area (Å²) in [6.45, 7) is 0.828. The third-order valence-corrected chi connectivity index (χ3v) is 7.83. The van der Waals surface area contributed by atoms with E-state index in [1.165, 1.54) is 7.11 Å². The second-order valence-corrected chi connectivity index (χ2v) is 9.45. The molecule has 180 valence electrons. The van der Waals surface area contributed by atoms with Crippen LogP contribution in [-0.4, -0.2) is 47.4 Å². The van der Waals surface area contributed by atoms with Crippen LogP contribution in [0, 0.1) is 11.8 Å². The van der Waals surface area contributed by atoms with Crippen molar-refractivity contribution in [3.05, 3.63) is 69.6 Å². The van der Waals surface area contributed by atoms with Gasteiger partial charge in [0.25, 0.3) is 5.56 Å². The predicted molar refractivity (Wildman–Crippen MR) is 128 cm³/mol. The molecule has 2 bridgehead atoms. The predicted octanol–water partition coefficient (Wildman–Crippen LogP) is 3.15. The number of pyridine rings is 1. The molecule has 34 heavy (non-hydrogen) atoms. The summed E-state index contributed by atoms with van der Waals surface area (Å²) in [5.74, 6) is -0.456. The molecule has 3 aliphatic rings. The summed E-state index contributed by atoms with van der Waals surface area (Å²) in [6, 6.07) is 11.2. The lowest BCUT2D eigenvalue weighted by Gasteiger charge is -2.38. The highest BCUT2D eigenvalue weighted by atomic mass is 16.5. The van der Waals surface area contributed by atoms with Gasteiger partial charge in [0.1, 0.15) is 5.75 Å². The molecule has 1 fully saturated rings. The Morgan fingerprint density at radius 2 is 1.97 bits per heavy atom. The van der Waals surface area contributed by atoms with Gasteiger partial charge in [0.05, 0.1) is 26.2 Å². The lowest BCUT2D eigenvalue weighted by atomic mass is 9.87. The van der Waals surface area contributed by atoms with Gasteiger partial charge in [-0.1, -0.05) is 24.3 Å². The highest BCUT2D eigenvalue weighted by molar-refractivity contribution is 5.75. The fraction of sp³-hybridized carbons (Fsp3) is 0.481. The maximum atomic E-state index is 13.6. The summed E-state index contributed by atoms with van der Waals surface area (Å²) in [5.41, 5.74) is 3.69. The second kappa shape index (κ2) is 9.39. The maximum absolute atomic E-state index is 13.6. The van der Waals surface area contributed by atoms with E-state index in [-0.39, 0.29) is 36.1 Å². The van der Waals surface area contributed by atoms with E-state index >= 15 is 0 Å². The number of hydrogen-bond donors (Lipinski definition) is 1. The van der Waals surface area contributed by atoms with Crippen molar-refractivity contribution in [1.82, 2.24) is 9.47 Å². The Balaban J connectivity index is 1.61. The molecule has 1 N–H and O–H groups in total. The zero-order valence-electron chi connectivity index (χ0n) is 19.8. The zero-order valence-corrected chi connectivity index (χ0v) is 19.8. The Morgan fingerprint density at radius 1 is 1.15 bits per heavy atom. The number of nitrogens with zero attached hydrogens (tertiary/aromatic N) is 2. The molecule has 0 radical (unpaired) electrons. The number of aliphatic hydroxyl groups excluding tert-OH is 1. The smallest absolute Gasteiger partial charge is 0.311 e. The molecular formula is C27H32N2O5. The molecule has 1 aromatic carbocycles. The number of ether oxygens (including phenoxy) is 2. The van der Waals surface area contributed by atoms with Crippen molar-refractivity contribution in [3.8, 4) is 5.75 Å². The average Bonchev–Trinajstić information content (AvgIpc) is 3.08. The third-order valence-electron chi connectivity index (χ3n) is 7.83. The van der Waals surface area contributed by atoms with Gasteiger partial charge >= 0.3 is 5.97 Å². The molecule has 0 saturated carbocycles. The summed E-state index contributed by atoms with van der Waals surface area (Å²) >= 11 is 0. The Labute approximate surface area is 199 Å². The number of esters is 1. The number of rotatable bonds is 6. The molecule has 0 amide bonds. The van der Waals surface area contributed by atoms with E-state index in [2.05, 4.69) is 11.0 Å². The van der Waals surface area contributed by atoms with E-state index in [1.807, 2.05) is 41.0 Å². The average molecular weight is 465 g/mol. The molecule has 7 nitrogen and oxygen atoms in total. The summed E-state index contributed by atoms with van der Waals surface area (Å²) in [7, 11) is 3.03. The van der Waals surface area contributed by atoms with Crippen molar-refractivity contribution >= 4 is 11.5 Å². The number of fused-ring (bicyclic) bond motifs is 4. The Bertz CT molecular complexity index is 1170. The Kier molecular flexibility index (Phi) is 6.32. The number of aliphatic hydroxyl groups is 1. The molecule has 0 unspecified atom stereocenters. The van der Waals surface area contributed by atoms with Crippen LogP contribution in [0.5, 0.6) is 5.75 Å². The molecule has 5 rings (SSSR count). The van der Waals surface area contributed by atoms with Crippen molar-refractivity contribution in [3.63, 3.8) is 0 Å². The summed E-state index contributed by atoms with van der Waals surface area (Å²) in [6.07, 6.45) is 6.38. The van der Waals surface area contributed by atoms with Crippen LogP contribution in [0.4, 0.5) is 0 Å². The van der Waals surface area contributed by atoms with E-state index in [0.29, 0.717) is 13.1 Å². The van der Waals surface area contributed by atoms with Crippen LogP contribution < -0.4 is 10.3 Å². The molecule has 3 heterocycles. The SMILES string of the molecule is COC(=O)[C@@H]1[C@@H](CO)[C@@H]2Cn3c(ccc(C4=CCCCC4)c3=O)[C@H]1N2Cc1ccccc1OC. The number of carbonyl (C=O) groups excluding carboxylic acids is 1. The van der Waals surface area contributed by atoms with Gasteiger partial charge in [0.15, 0.2) is 0 Å². The van der Waals surface area contributed by atoms with Crippen molar-refractivity contribution in [1.29, 1.82) is 0 Å². The van der Waals surface area contributed by atoms with Gasteiger partial charge in [-0.2, -0.15) is 0 Å². The molecule has 4 atom stereocenters. The van der Waals surface area contributed by atoms with Crippen LogP contribution in [0.25, 0.3) is 5.57 Å². The fourth-order valence-electron chi connectivity index (χ4n) is 6.20. The number of allylic oxidation sites excluding steroid dienone is 2.